The maximum absolute atomic E-state index is 6.53. The largest absolute Gasteiger partial charge is 0.411 e. The van der Waals surface area contributed by atoms with E-state index in [2.05, 4.69) is 33.9 Å². The SMILES string of the molecule is COCO[C@@H]1C(O[Si](C)(C)C(C)(C)C)C[C@H]2CC21. The standard InChI is InChI=1S/C14H28O3Si/c1-14(2,3)18(5,6)17-12-8-10-7-11(10)13(12)16-9-15-4/h10-13H,7-9H2,1-6H3/t10-,11?,12?,13+/m1/s1. The van der Waals surface area contributed by atoms with Crippen molar-refractivity contribution in [2.45, 2.75) is 64.0 Å². The van der Waals surface area contributed by atoms with Crippen molar-refractivity contribution >= 4 is 8.32 Å². The molecule has 0 radical (unpaired) electrons. The van der Waals surface area contributed by atoms with Gasteiger partial charge in [0, 0.05) is 7.11 Å². The van der Waals surface area contributed by atoms with Crippen molar-refractivity contribution in [1.29, 1.82) is 0 Å². The average Bonchev–Trinajstić information content (AvgIpc) is 2.89. The van der Waals surface area contributed by atoms with Gasteiger partial charge in [-0.2, -0.15) is 0 Å². The molecule has 18 heavy (non-hydrogen) atoms. The van der Waals surface area contributed by atoms with Crippen LogP contribution in [0.3, 0.4) is 0 Å². The highest BCUT2D eigenvalue weighted by Gasteiger charge is 2.56. The third kappa shape index (κ3) is 2.82. The van der Waals surface area contributed by atoms with E-state index in [1.165, 1.54) is 12.8 Å². The Morgan fingerprint density at radius 3 is 2.39 bits per heavy atom. The quantitative estimate of drug-likeness (QED) is 0.567. The second-order valence-electron chi connectivity index (χ2n) is 7.35. The molecule has 2 saturated carbocycles. The molecular formula is C14H28O3Si. The number of ether oxygens (including phenoxy) is 2. The molecule has 4 atom stereocenters. The van der Waals surface area contributed by atoms with Crippen LogP contribution in [0.4, 0.5) is 0 Å². The molecule has 106 valence electrons. The van der Waals surface area contributed by atoms with E-state index in [1.807, 2.05) is 0 Å². The molecule has 0 saturated heterocycles. The maximum atomic E-state index is 6.53. The Morgan fingerprint density at radius 2 is 1.83 bits per heavy atom. The van der Waals surface area contributed by atoms with Crippen LogP contribution in [0.5, 0.6) is 0 Å². The van der Waals surface area contributed by atoms with E-state index in [0.717, 1.165) is 11.8 Å². The Balaban J connectivity index is 1.96. The minimum Gasteiger partial charge on any atom is -0.411 e. The minimum atomic E-state index is -1.68. The molecular weight excluding hydrogens is 244 g/mol. The predicted molar refractivity (Wildman–Crippen MR) is 75.0 cm³/mol. The van der Waals surface area contributed by atoms with Gasteiger partial charge in [0.05, 0.1) is 12.2 Å². The zero-order valence-corrected chi connectivity index (χ0v) is 13.7. The van der Waals surface area contributed by atoms with Crippen molar-refractivity contribution in [2.75, 3.05) is 13.9 Å². The van der Waals surface area contributed by atoms with Crippen LogP contribution in [0.1, 0.15) is 33.6 Å². The first-order valence-corrected chi connectivity index (χ1v) is 9.95. The molecule has 0 aromatic carbocycles. The number of rotatable bonds is 5. The zero-order valence-electron chi connectivity index (χ0n) is 12.7. The van der Waals surface area contributed by atoms with Crippen molar-refractivity contribution in [1.82, 2.24) is 0 Å². The van der Waals surface area contributed by atoms with Gasteiger partial charge in [0.25, 0.3) is 0 Å². The van der Waals surface area contributed by atoms with Crippen LogP contribution in [0, 0.1) is 11.8 Å². The van der Waals surface area contributed by atoms with E-state index in [9.17, 15) is 0 Å². The molecule has 0 amide bonds. The fourth-order valence-corrected chi connectivity index (χ4v) is 4.04. The van der Waals surface area contributed by atoms with Gasteiger partial charge in [-0.1, -0.05) is 20.8 Å². The molecule has 2 fully saturated rings. The highest BCUT2D eigenvalue weighted by Crippen LogP contribution is 2.55. The van der Waals surface area contributed by atoms with Gasteiger partial charge in [-0.25, -0.2) is 0 Å². The Kier molecular flexibility index (Phi) is 3.94. The first-order chi connectivity index (χ1) is 8.26. The normalized spacial score (nSPS) is 35.7. The molecule has 2 rings (SSSR count). The summed E-state index contributed by atoms with van der Waals surface area (Å²) in [6.45, 7) is 11.9. The van der Waals surface area contributed by atoms with Crippen molar-refractivity contribution in [3.63, 3.8) is 0 Å². The van der Waals surface area contributed by atoms with Crippen LogP contribution in [0.25, 0.3) is 0 Å². The molecule has 0 aromatic rings. The number of hydrogen-bond acceptors (Lipinski definition) is 3. The number of methoxy groups -OCH3 is 1. The van der Waals surface area contributed by atoms with Gasteiger partial charge in [0.2, 0.25) is 0 Å². The van der Waals surface area contributed by atoms with Gasteiger partial charge in [-0.05, 0) is 42.8 Å². The van der Waals surface area contributed by atoms with Crippen LogP contribution in [0.15, 0.2) is 0 Å². The van der Waals surface area contributed by atoms with E-state index < -0.39 is 8.32 Å². The molecule has 0 aliphatic heterocycles. The summed E-state index contributed by atoms with van der Waals surface area (Å²) in [5.41, 5.74) is 0. The molecule has 4 heteroatoms. The van der Waals surface area contributed by atoms with Gasteiger partial charge >= 0.3 is 0 Å². The fraction of sp³-hybridized carbons (Fsp3) is 1.00. The van der Waals surface area contributed by atoms with E-state index >= 15 is 0 Å². The highest BCUT2D eigenvalue weighted by atomic mass is 28.4. The number of hydrogen-bond donors (Lipinski definition) is 0. The van der Waals surface area contributed by atoms with E-state index in [-0.39, 0.29) is 11.1 Å². The molecule has 0 N–H and O–H groups in total. The van der Waals surface area contributed by atoms with Crippen molar-refractivity contribution in [2.24, 2.45) is 11.8 Å². The summed E-state index contributed by atoms with van der Waals surface area (Å²) in [6, 6.07) is 0. The first kappa shape index (κ1) is 14.5. The highest BCUT2D eigenvalue weighted by molar-refractivity contribution is 6.74. The average molecular weight is 272 g/mol. The second kappa shape index (κ2) is 4.89. The van der Waals surface area contributed by atoms with E-state index in [4.69, 9.17) is 13.9 Å². The first-order valence-electron chi connectivity index (χ1n) is 7.04. The summed E-state index contributed by atoms with van der Waals surface area (Å²) in [7, 11) is 0.00277. The summed E-state index contributed by atoms with van der Waals surface area (Å²) in [5, 5.41) is 0.269. The third-order valence-electron chi connectivity index (χ3n) is 4.93. The minimum absolute atomic E-state index is 0.268. The Labute approximate surface area is 112 Å². The maximum Gasteiger partial charge on any atom is 0.192 e. The van der Waals surface area contributed by atoms with Crippen molar-refractivity contribution in [3.05, 3.63) is 0 Å². The topological polar surface area (TPSA) is 27.7 Å². The molecule has 2 aliphatic carbocycles. The Bertz CT molecular complexity index is 298. The Morgan fingerprint density at radius 1 is 1.17 bits per heavy atom. The van der Waals surface area contributed by atoms with Crippen LogP contribution in [-0.2, 0) is 13.9 Å². The van der Waals surface area contributed by atoms with Gasteiger partial charge in [0.15, 0.2) is 8.32 Å². The molecule has 2 unspecified atom stereocenters. The summed E-state index contributed by atoms with van der Waals surface area (Å²) >= 11 is 0. The van der Waals surface area contributed by atoms with Gasteiger partial charge in [-0.3, -0.25) is 0 Å². The van der Waals surface area contributed by atoms with Crippen LogP contribution < -0.4 is 0 Å². The Hall–Kier alpha value is 0.0969. The zero-order chi connectivity index (χ0) is 13.6. The second-order valence-corrected chi connectivity index (χ2v) is 12.1. The van der Waals surface area contributed by atoms with Crippen LogP contribution >= 0.6 is 0 Å². The summed E-state index contributed by atoms with van der Waals surface area (Å²) in [4.78, 5) is 0. The van der Waals surface area contributed by atoms with Crippen molar-refractivity contribution in [3.8, 4) is 0 Å². The lowest BCUT2D eigenvalue weighted by atomic mass is 10.2. The van der Waals surface area contributed by atoms with Gasteiger partial charge < -0.3 is 13.9 Å². The lowest BCUT2D eigenvalue weighted by Crippen LogP contribution is -2.47. The molecule has 0 bridgehead atoms. The smallest absolute Gasteiger partial charge is 0.192 e. The molecule has 3 nitrogen and oxygen atoms in total. The van der Waals surface area contributed by atoms with E-state index in [0.29, 0.717) is 12.9 Å². The van der Waals surface area contributed by atoms with Crippen LogP contribution in [-0.4, -0.2) is 34.4 Å². The summed E-state index contributed by atoms with van der Waals surface area (Å²) < 4.78 is 17.4. The van der Waals surface area contributed by atoms with Gasteiger partial charge in [0.1, 0.15) is 6.79 Å². The monoisotopic (exact) mass is 272 g/mol. The third-order valence-corrected chi connectivity index (χ3v) is 9.44. The lowest BCUT2D eigenvalue weighted by molar-refractivity contribution is -0.107. The lowest BCUT2D eigenvalue weighted by Gasteiger charge is -2.40. The van der Waals surface area contributed by atoms with Crippen molar-refractivity contribution < 1.29 is 13.9 Å². The predicted octanol–water partition coefficient (Wildman–Crippen LogP) is 3.41. The van der Waals surface area contributed by atoms with Gasteiger partial charge in [-0.15, -0.1) is 0 Å². The molecule has 0 aromatic heterocycles. The fourth-order valence-electron chi connectivity index (χ4n) is 2.70. The van der Waals surface area contributed by atoms with E-state index in [1.54, 1.807) is 7.11 Å². The molecule has 0 spiro atoms. The molecule has 2 aliphatic rings. The summed E-state index contributed by atoms with van der Waals surface area (Å²) in [6.07, 6.45) is 3.07. The molecule has 0 heterocycles. The summed E-state index contributed by atoms with van der Waals surface area (Å²) in [5.74, 6) is 1.58. The number of fused-ring (bicyclic) bond motifs is 1. The van der Waals surface area contributed by atoms with Crippen LogP contribution in [0.2, 0.25) is 18.1 Å².